The zero-order valence-corrected chi connectivity index (χ0v) is 16.0. The average molecular weight is 363 g/mol. The third-order valence-corrected chi connectivity index (χ3v) is 4.42. The van der Waals surface area contributed by atoms with E-state index >= 15 is 0 Å². The molecule has 3 aromatic rings. The molecule has 1 N–H and O–H groups in total. The molecule has 0 radical (unpaired) electrons. The molecule has 140 valence electrons. The predicted octanol–water partition coefficient (Wildman–Crippen LogP) is 3.92. The Balaban J connectivity index is 2.00. The second-order valence-corrected chi connectivity index (χ2v) is 6.58. The smallest absolute Gasteiger partial charge is 0.270 e. The number of hydrogen-bond donors (Lipinski definition) is 1. The molecule has 1 amide bonds. The highest BCUT2D eigenvalue weighted by Crippen LogP contribution is 2.24. The van der Waals surface area contributed by atoms with Crippen LogP contribution >= 0.6 is 0 Å². The van der Waals surface area contributed by atoms with E-state index in [0.717, 1.165) is 34.5 Å². The number of carbonyl (C=O) groups is 1. The summed E-state index contributed by atoms with van der Waals surface area (Å²) in [6.45, 7) is 5.24. The lowest BCUT2D eigenvalue weighted by atomic mass is 10.1. The molecule has 5 heteroatoms. The summed E-state index contributed by atoms with van der Waals surface area (Å²) in [7, 11) is 1.66. The van der Waals surface area contributed by atoms with Crippen molar-refractivity contribution in [3.8, 4) is 16.9 Å². The highest BCUT2D eigenvalue weighted by molar-refractivity contribution is 5.94. The largest absolute Gasteiger partial charge is 0.385 e. The number of carbonyl (C=O) groups excluding carboxylic acids is 1. The molecule has 27 heavy (non-hydrogen) atoms. The van der Waals surface area contributed by atoms with Gasteiger partial charge in [-0.05, 0) is 43.5 Å². The van der Waals surface area contributed by atoms with E-state index in [2.05, 4.69) is 23.5 Å². The third kappa shape index (κ3) is 4.44. The van der Waals surface area contributed by atoms with Crippen LogP contribution in [0.5, 0.6) is 0 Å². The van der Waals surface area contributed by atoms with Crippen LogP contribution in [0.1, 0.15) is 28.0 Å². The number of nitrogens with one attached hydrogen (secondary N) is 1. The number of aryl methyl sites for hydroxylation is 2. The molecule has 1 aromatic heterocycles. The van der Waals surface area contributed by atoms with Gasteiger partial charge in [-0.3, -0.25) is 4.79 Å². The Bertz CT molecular complexity index is 917. The molecule has 0 aliphatic rings. The first-order chi connectivity index (χ1) is 13.1. The Morgan fingerprint density at radius 2 is 1.89 bits per heavy atom. The Hall–Kier alpha value is -2.92. The van der Waals surface area contributed by atoms with Gasteiger partial charge >= 0.3 is 0 Å². The molecular formula is C22H25N3O2. The fourth-order valence-corrected chi connectivity index (χ4v) is 2.93. The predicted molar refractivity (Wildman–Crippen MR) is 107 cm³/mol. The number of methoxy groups -OCH3 is 1. The number of nitrogens with zero attached hydrogens (tertiary/aromatic N) is 2. The molecule has 0 aliphatic heterocycles. The fraction of sp³-hybridized carbons (Fsp3) is 0.273. The lowest BCUT2D eigenvalue weighted by Gasteiger charge is -2.11. The van der Waals surface area contributed by atoms with E-state index in [-0.39, 0.29) is 5.91 Å². The number of amides is 1. The topological polar surface area (TPSA) is 56.1 Å². The molecule has 2 aromatic carbocycles. The van der Waals surface area contributed by atoms with E-state index < -0.39 is 0 Å². The maximum Gasteiger partial charge on any atom is 0.270 e. The van der Waals surface area contributed by atoms with Gasteiger partial charge in [0.25, 0.3) is 5.91 Å². The molecule has 0 unspecified atom stereocenters. The molecule has 5 nitrogen and oxygen atoms in total. The number of rotatable bonds is 7. The first kappa shape index (κ1) is 18.9. The molecule has 0 spiro atoms. The summed E-state index contributed by atoms with van der Waals surface area (Å²) in [4.78, 5) is 12.8. The van der Waals surface area contributed by atoms with Crippen LogP contribution in [0, 0.1) is 13.8 Å². The Morgan fingerprint density at radius 1 is 1.11 bits per heavy atom. The van der Waals surface area contributed by atoms with Crippen molar-refractivity contribution in [2.45, 2.75) is 20.3 Å². The van der Waals surface area contributed by atoms with Crippen LogP contribution in [0.25, 0.3) is 16.9 Å². The molecule has 0 aliphatic carbocycles. The minimum Gasteiger partial charge on any atom is -0.385 e. The molecule has 0 saturated carbocycles. The summed E-state index contributed by atoms with van der Waals surface area (Å²) in [5.74, 6) is -0.137. The minimum absolute atomic E-state index is 0.137. The maximum atomic E-state index is 12.8. The second-order valence-electron chi connectivity index (χ2n) is 6.58. The van der Waals surface area contributed by atoms with E-state index in [0.29, 0.717) is 18.8 Å². The van der Waals surface area contributed by atoms with Gasteiger partial charge in [0.05, 0.1) is 11.4 Å². The van der Waals surface area contributed by atoms with Crippen LogP contribution in [0.4, 0.5) is 0 Å². The van der Waals surface area contributed by atoms with Gasteiger partial charge in [0.15, 0.2) is 0 Å². The van der Waals surface area contributed by atoms with Crippen molar-refractivity contribution in [3.05, 3.63) is 71.4 Å². The van der Waals surface area contributed by atoms with Crippen LogP contribution in [-0.4, -0.2) is 35.9 Å². The average Bonchev–Trinajstić information content (AvgIpc) is 3.13. The zero-order chi connectivity index (χ0) is 19.2. The van der Waals surface area contributed by atoms with Crippen LogP contribution < -0.4 is 5.32 Å². The molecule has 0 saturated heterocycles. The first-order valence-electron chi connectivity index (χ1n) is 9.10. The standard InChI is InChI=1S/C22H25N3O2/c1-16-10-11-17(2)20(14-16)25-21(22(26)23-12-7-13-27-3)15-19(24-25)18-8-5-4-6-9-18/h4-6,8-11,14-15H,7,12-13H2,1-3H3,(H,23,26). The zero-order valence-electron chi connectivity index (χ0n) is 16.0. The lowest BCUT2D eigenvalue weighted by Crippen LogP contribution is -2.27. The molecule has 0 fully saturated rings. The monoisotopic (exact) mass is 363 g/mol. The molecule has 0 bridgehead atoms. The Labute approximate surface area is 160 Å². The van der Waals surface area contributed by atoms with Gasteiger partial charge in [-0.15, -0.1) is 0 Å². The quantitative estimate of drug-likeness (QED) is 0.647. The molecule has 3 rings (SSSR count). The van der Waals surface area contributed by atoms with Gasteiger partial charge in [0, 0.05) is 25.8 Å². The van der Waals surface area contributed by atoms with Crippen molar-refractivity contribution in [1.82, 2.24) is 15.1 Å². The molecule has 1 heterocycles. The van der Waals surface area contributed by atoms with Crippen molar-refractivity contribution >= 4 is 5.91 Å². The minimum atomic E-state index is -0.137. The van der Waals surface area contributed by atoms with Crippen LogP contribution in [0.3, 0.4) is 0 Å². The first-order valence-corrected chi connectivity index (χ1v) is 9.10. The van der Waals surface area contributed by atoms with Gasteiger partial charge in [-0.1, -0.05) is 42.5 Å². The summed E-state index contributed by atoms with van der Waals surface area (Å²) < 4.78 is 6.79. The molecular weight excluding hydrogens is 338 g/mol. The van der Waals surface area contributed by atoms with Crippen molar-refractivity contribution in [1.29, 1.82) is 0 Å². The maximum absolute atomic E-state index is 12.8. The summed E-state index contributed by atoms with van der Waals surface area (Å²) in [5.41, 5.74) is 5.39. The van der Waals surface area contributed by atoms with Gasteiger partial charge < -0.3 is 10.1 Å². The summed E-state index contributed by atoms with van der Waals surface area (Å²) >= 11 is 0. The summed E-state index contributed by atoms with van der Waals surface area (Å²) in [6, 6.07) is 17.9. The summed E-state index contributed by atoms with van der Waals surface area (Å²) in [6.07, 6.45) is 0.769. The van der Waals surface area contributed by atoms with Crippen LogP contribution in [0.2, 0.25) is 0 Å². The lowest BCUT2D eigenvalue weighted by molar-refractivity contribution is 0.0941. The van der Waals surface area contributed by atoms with E-state index in [4.69, 9.17) is 9.84 Å². The highest BCUT2D eigenvalue weighted by atomic mass is 16.5. The van der Waals surface area contributed by atoms with Crippen molar-refractivity contribution in [2.75, 3.05) is 20.3 Å². The van der Waals surface area contributed by atoms with Crippen molar-refractivity contribution < 1.29 is 9.53 Å². The second kappa shape index (κ2) is 8.64. The van der Waals surface area contributed by atoms with Gasteiger partial charge in [-0.2, -0.15) is 5.10 Å². The van der Waals surface area contributed by atoms with Gasteiger partial charge in [0.1, 0.15) is 5.69 Å². The Morgan fingerprint density at radius 3 is 2.63 bits per heavy atom. The van der Waals surface area contributed by atoms with Crippen LogP contribution in [0.15, 0.2) is 54.6 Å². The fourth-order valence-electron chi connectivity index (χ4n) is 2.93. The van der Waals surface area contributed by atoms with E-state index in [1.165, 1.54) is 0 Å². The van der Waals surface area contributed by atoms with E-state index in [9.17, 15) is 4.79 Å². The van der Waals surface area contributed by atoms with E-state index in [1.54, 1.807) is 11.8 Å². The Kier molecular flexibility index (Phi) is 6.04. The normalized spacial score (nSPS) is 10.8. The van der Waals surface area contributed by atoms with Crippen molar-refractivity contribution in [3.63, 3.8) is 0 Å². The number of benzene rings is 2. The van der Waals surface area contributed by atoms with Crippen LogP contribution in [-0.2, 0) is 4.74 Å². The number of aromatic nitrogens is 2. The van der Waals surface area contributed by atoms with E-state index in [1.807, 2.05) is 50.2 Å². The SMILES string of the molecule is COCCCNC(=O)c1cc(-c2ccccc2)nn1-c1cc(C)ccc1C. The number of ether oxygens (including phenoxy) is 1. The number of hydrogen-bond acceptors (Lipinski definition) is 3. The molecule has 0 atom stereocenters. The van der Waals surface area contributed by atoms with Gasteiger partial charge in [-0.25, -0.2) is 4.68 Å². The van der Waals surface area contributed by atoms with Gasteiger partial charge in [0.2, 0.25) is 0 Å². The van der Waals surface area contributed by atoms with Crippen molar-refractivity contribution in [2.24, 2.45) is 0 Å². The summed E-state index contributed by atoms with van der Waals surface area (Å²) in [5, 5.41) is 7.71. The third-order valence-electron chi connectivity index (χ3n) is 4.42. The highest BCUT2D eigenvalue weighted by Gasteiger charge is 2.18.